The summed E-state index contributed by atoms with van der Waals surface area (Å²) in [6, 6.07) is 11.3. The fraction of sp³-hybridized carbons (Fsp3) is 0.350. The van der Waals surface area contributed by atoms with Crippen LogP contribution in [0.5, 0.6) is 0 Å². The number of halogens is 4. The first-order valence-corrected chi connectivity index (χ1v) is 9.14. The molecule has 1 saturated carbocycles. The summed E-state index contributed by atoms with van der Waals surface area (Å²) in [7, 11) is 0. The molecule has 4 rings (SSSR count). The Morgan fingerprint density at radius 3 is 2.67 bits per heavy atom. The Morgan fingerprint density at radius 2 is 1.93 bits per heavy atom. The predicted octanol–water partition coefficient (Wildman–Crippen LogP) is 4.32. The van der Waals surface area contributed by atoms with Crippen molar-refractivity contribution < 1.29 is 13.6 Å². The normalized spacial score (nSPS) is 24.3. The Balaban J connectivity index is 0.00000210. The van der Waals surface area contributed by atoms with Gasteiger partial charge in [-0.15, -0.1) is 12.4 Å². The van der Waals surface area contributed by atoms with Gasteiger partial charge < -0.3 is 10.2 Å². The summed E-state index contributed by atoms with van der Waals surface area (Å²) in [5.41, 5.74) is 1.62. The van der Waals surface area contributed by atoms with Crippen molar-refractivity contribution in [2.45, 2.75) is 18.4 Å². The highest BCUT2D eigenvalue weighted by Gasteiger charge is 2.47. The molecule has 3 unspecified atom stereocenters. The highest BCUT2D eigenvalue weighted by Crippen LogP contribution is 2.49. The first-order chi connectivity index (χ1) is 12.6. The standard InChI is InChI=1S/C20H19ClF2N2O.ClH/c21-16-4-2-1-3-13(16)19-11-24-7-8-25(19)20(26)15-10-14(15)12-5-6-17(22)18(23)9-12;/h1-6,9,14-15,19,24H,7-8,10-11H2;1H. The average Bonchev–Trinajstić information content (AvgIpc) is 3.45. The van der Waals surface area contributed by atoms with Crippen molar-refractivity contribution >= 4 is 29.9 Å². The van der Waals surface area contributed by atoms with Crippen LogP contribution < -0.4 is 5.32 Å². The minimum atomic E-state index is -0.864. The molecule has 3 nitrogen and oxygen atoms in total. The van der Waals surface area contributed by atoms with Gasteiger partial charge >= 0.3 is 0 Å². The van der Waals surface area contributed by atoms with E-state index in [1.165, 1.54) is 6.07 Å². The zero-order chi connectivity index (χ0) is 18.3. The van der Waals surface area contributed by atoms with Crippen LogP contribution in [0.1, 0.15) is 29.5 Å². The van der Waals surface area contributed by atoms with Gasteiger partial charge in [0.05, 0.1) is 6.04 Å². The summed E-state index contributed by atoms with van der Waals surface area (Å²) in [4.78, 5) is 15.0. The number of amides is 1. The molecule has 0 bridgehead atoms. The van der Waals surface area contributed by atoms with E-state index in [-0.39, 0.29) is 36.2 Å². The highest BCUT2D eigenvalue weighted by atomic mass is 35.5. The van der Waals surface area contributed by atoms with Crippen LogP contribution in [0.25, 0.3) is 0 Å². The van der Waals surface area contributed by atoms with E-state index in [1.54, 1.807) is 6.07 Å². The van der Waals surface area contributed by atoms with E-state index in [0.29, 0.717) is 30.1 Å². The number of carbonyl (C=O) groups excluding carboxylic acids is 1. The van der Waals surface area contributed by atoms with Gasteiger partial charge in [-0.3, -0.25) is 4.79 Å². The van der Waals surface area contributed by atoms with E-state index in [9.17, 15) is 13.6 Å². The number of nitrogens with one attached hydrogen (secondary N) is 1. The predicted molar refractivity (Wildman–Crippen MR) is 103 cm³/mol. The second-order valence-electron chi connectivity index (χ2n) is 6.90. The molecule has 2 aliphatic rings. The molecular weight excluding hydrogens is 393 g/mol. The maximum atomic E-state index is 13.5. The van der Waals surface area contributed by atoms with Crippen LogP contribution in [0.15, 0.2) is 42.5 Å². The van der Waals surface area contributed by atoms with Gasteiger partial charge in [-0.2, -0.15) is 0 Å². The van der Waals surface area contributed by atoms with Crippen molar-refractivity contribution in [1.82, 2.24) is 10.2 Å². The number of nitrogens with zero attached hydrogens (tertiary/aromatic N) is 1. The van der Waals surface area contributed by atoms with Crippen LogP contribution in [0, 0.1) is 17.6 Å². The minimum absolute atomic E-state index is 0. The Labute approximate surface area is 168 Å². The molecule has 0 aromatic heterocycles. The first-order valence-electron chi connectivity index (χ1n) is 8.77. The molecule has 0 radical (unpaired) electrons. The fourth-order valence-corrected chi connectivity index (χ4v) is 4.05. The van der Waals surface area contributed by atoms with Crippen LogP contribution in [0.3, 0.4) is 0 Å². The largest absolute Gasteiger partial charge is 0.333 e. The van der Waals surface area contributed by atoms with E-state index < -0.39 is 11.6 Å². The summed E-state index contributed by atoms with van der Waals surface area (Å²) in [6.07, 6.45) is 0.670. The first kappa shape index (κ1) is 20.1. The molecule has 1 heterocycles. The van der Waals surface area contributed by atoms with Crippen LogP contribution in [-0.2, 0) is 4.79 Å². The lowest BCUT2D eigenvalue weighted by Gasteiger charge is -2.37. The van der Waals surface area contributed by atoms with Gasteiger partial charge in [-0.05, 0) is 41.7 Å². The number of hydrogen-bond donors (Lipinski definition) is 1. The molecule has 1 amide bonds. The molecule has 1 aliphatic heterocycles. The third kappa shape index (κ3) is 3.96. The van der Waals surface area contributed by atoms with Crippen molar-refractivity contribution in [2.75, 3.05) is 19.6 Å². The lowest BCUT2D eigenvalue weighted by Crippen LogP contribution is -2.49. The molecule has 2 aromatic carbocycles. The molecule has 2 fully saturated rings. The van der Waals surface area contributed by atoms with E-state index in [4.69, 9.17) is 11.6 Å². The van der Waals surface area contributed by atoms with E-state index >= 15 is 0 Å². The lowest BCUT2D eigenvalue weighted by atomic mass is 10.0. The van der Waals surface area contributed by atoms with Crippen LogP contribution in [0.4, 0.5) is 8.78 Å². The SMILES string of the molecule is Cl.O=C(C1CC1c1ccc(F)c(F)c1)N1CCNCC1c1ccccc1Cl. The van der Waals surface area contributed by atoms with Gasteiger partial charge in [0, 0.05) is 30.6 Å². The zero-order valence-electron chi connectivity index (χ0n) is 14.5. The van der Waals surface area contributed by atoms with Crippen molar-refractivity contribution in [1.29, 1.82) is 0 Å². The van der Waals surface area contributed by atoms with Gasteiger partial charge in [0.15, 0.2) is 11.6 Å². The Kier molecular flexibility index (Phi) is 6.04. The smallest absolute Gasteiger partial charge is 0.226 e. The van der Waals surface area contributed by atoms with Gasteiger partial charge in [0.2, 0.25) is 5.91 Å². The summed E-state index contributed by atoms with van der Waals surface area (Å²) >= 11 is 6.34. The molecule has 27 heavy (non-hydrogen) atoms. The molecular formula is C20H20Cl2F2N2O. The second kappa shape index (κ2) is 8.13. The third-order valence-electron chi connectivity index (χ3n) is 5.27. The van der Waals surface area contributed by atoms with Gasteiger partial charge in [-0.25, -0.2) is 8.78 Å². The molecule has 144 valence electrons. The van der Waals surface area contributed by atoms with Crippen LogP contribution in [0.2, 0.25) is 5.02 Å². The van der Waals surface area contributed by atoms with Crippen LogP contribution in [-0.4, -0.2) is 30.4 Å². The van der Waals surface area contributed by atoms with Crippen molar-refractivity contribution in [3.63, 3.8) is 0 Å². The molecule has 2 aromatic rings. The molecule has 3 atom stereocenters. The summed E-state index contributed by atoms with van der Waals surface area (Å²) in [5.74, 6) is -1.89. The fourth-order valence-electron chi connectivity index (χ4n) is 3.78. The number of rotatable bonds is 3. The average molecular weight is 413 g/mol. The van der Waals surface area contributed by atoms with Crippen LogP contribution >= 0.6 is 24.0 Å². The lowest BCUT2D eigenvalue weighted by molar-refractivity contribution is -0.136. The second-order valence-corrected chi connectivity index (χ2v) is 7.30. The summed E-state index contributed by atoms with van der Waals surface area (Å²) < 4.78 is 26.6. The maximum Gasteiger partial charge on any atom is 0.226 e. The third-order valence-corrected chi connectivity index (χ3v) is 5.61. The number of carbonyl (C=O) groups is 1. The molecule has 1 saturated heterocycles. The molecule has 7 heteroatoms. The maximum absolute atomic E-state index is 13.5. The van der Waals surface area contributed by atoms with Gasteiger partial charge in [0.1, 0.15) is 0 Å². The zero-order valence-corrected chi connectivity index (χ0v) is 16.1. The minimum Gasteiger partial charge on any atom is -0.333 e. The van der Waals surface area contributed by atoms with Crippen molar-refractivity contribution in [3.8, 4) is 0 Å². The van der Waals surface area contributed by atoms with Crippen molar-refractivity contribution in [3.05, 3.63) is 70.2 Å². The highest BCUT2D eigenvalue weighted by molar-refractivity contribution is 6.31. The van der Waals surface area contributed by atoms with Crippen molar-refractivity contribution in [2.24, 2.45) is 5.92 Å². The monoisotopic (exact) mass is 412 g/mol. The molecule has 1 N–H and O–H groups in total. The number of benzene rings is 2. The number of piperazine rings is 1. The Hall–Kier alpha value is -1.69. The van der Waals surface area contributed by atoms with Gasteiger partial charge in [-0.1, -0.05) is 35.9 Å². The van der Waals surface area contributed by atoms with Gasteiger partial charge in [0.25, 0.3) is 0 Å². The number of hydrogen-bond acceptors (Lipinski definition) is 2. The van der Waals surface area contributed by atoms with E-state index in [2.05, 4.69) is 5.32 Å². The quantitative estimate of drug-likeness (QED) is 0.813. The van der Waals surface area contributed by atoms with E-state index in [0.717, 1.165) is 18.2 Å². The molecule has 0 spiro atoms. The summed E-state index contributed by atoms with van der Waals surface area (Å²) in [5, 5.41) is 3.96. The topological polar surface area (TPSA) is 32.3 Å². The Bertz CT molecular complexity index is 848. The summed E-state index contributed by atoms with van der Waals surface area (Å²) in [6.45, 7) is 1.99. The Morgan fingerprint density at radius 1 is 1.15 bits per heavy atom. The van der Waals surface area contributed by atoms with E-state index in [1.807, 2.05) is 29.2 Å². The molecule has 1 aliphatic carbocycles.